The summed E-state index contributed by atoms with van der Waals surface area (Å²) in [5.41, 5.74) is 4.76. The van der Waals surface area contributed by atoms with E-state index >= 15 is 4.39 Å². The fourth-order valence-electron chi connectivity index (χ4n) is 5.79. The number of aromatic nitrogens is 3. The van der Waals surface area contributed by atoms with Crippen LogP contribution < -0.4 is 0 Å². The molecule has 2 fully saturated rings. The fraction of sp³-hybridized carbons (Fsp3) is 0.379. The van der Waals surface area contributed by atoms with Crippen molar-refractivity contribution in [2.24, 2.45) is 5.92 Å². The lowest BCUT2D eigenvalue weighted by atomic mass is 10.0. The van der Waals surface area contributed by atoms with E-state index in [0.717, 1.165) is 30.5 Å². The van der Waals surface area contributed by atoms with Crippen molar-refractivity contribution in [2.45, 2.75) is 50.5 Å². The van der Waals surface area contributed by atoms with Crippen LogP contribution in [0.3, 0.4) is 0 Å². The maximum absolute atomic E-state index is 15.3. The molecule has 0 radical (unpaired) electrons. The van der Waals surface area contributed by atoms with Crippen LogP contribution in [-0.2, 0) is 16.0 Å². The van der Waals surface area contributed by atoms with Gasteiger partial charge in [-0.15, -0.1) is 11.3 Å². The summed E-state index contributed by atoms with van der Waals surface area (Å²) in [6.07, 6.45) is 3.60. The number of nitrogens with zero attached hydrogens (tertiary/aromatic N) is 4. The van der Waals surface area contributed by atoms with Crippen LogP contribution in [0.15, 0.2) is 41.8 Å². The molecule has 0 spiro atoms. The fourth-order valence-corrected chi connectivity index (χ4v) is 6.75. The number of ether oxygens (including phenoxy) is 1. The van der Waals surface area contributed by atoms with Gasteiger partial charge in [-0.2, -0.15) is 5.10 Å². The van der Waals surface area contributed by atoms with Crippen LogP contribution in [0.1, 0.15) is 76.3 Å². The maximum atomic E-state index is 15.3. The second kappa shape index (κ2) is 8.73. The normalized spacial score (nSPS) is 22.4. The highest BCUT2D eigenvalue weighted by molar-refractivity contribution is 7.10. The minimum absolute atomic E-state index is 0.00164. The van der Waals surface area contributed by atoms with Gasteiger partial charge >= 0.3 is 5.97 Å². The van der Waals surface area contributed by atoms with E-state index in [4.69, 9.17) is 14.8 Å². The molecule has 38 heavy (non-hydrogen) atoms. The molecule has 3 aliphatic rings. The summed E-state index contributed by atoms with van der Waals surface area (Å²) in [7, 11) is 1.38. The predicted octanol–water partition coefficient (Wildman–Crippen LogP) is 5.51. The van der Waals surface area contributed by atoms with Crippen LogP contribution in [-0.4, -0.2) is 45.0 Å². The molecule has 0 saturated heterocycles. The minimum atomic E-state index is -0.389. The number of carbonyl (C=O) groups is 2. The number of amides is 1. The third-order valence-corrected chi connectivity index (χ3v) is 9.20. The van der Waals surface area contributed by atoms with E-state index in [0.29, 0.717) is 41.5 Å². The highest BCUT2D eigenvalue weighted by atomic mass is 32.1. The van der Waals surface area contributed by atoms with Crippen molar-refractivity contribution in [2.75, 3.05) is 13.7 Å². The van der Waals surface area contributed by atoms with Crippen molar-refractivity contribution < 1.29 is 18.7 Å². The minimum Gasteiger partial charge on any atom is -0.469 e. The molecule has 0 bridgehead atoms. The number of rotatable bonds is 5. The third kappa shape index (κ3) is 3.83. The number of methoxy groups -OCH3 is 1. The predicted molar refractivity (Wildman–Crippen MR) is 141 cm³/mol. The molecule has 2 aliphatic carbocycles. The van der Waals surface area contributed by atoms with Crippen molar-refractivity contribution in [1.29, 1.82) is 0 Å². The van der Waals surface area contributed by atoms with Gasteiger partial charge in [0.2, 0.25) is 0 Å². The summed E-state index contributed by atoms with van der Waals surface area (Å²) in [5.74, 6) is -0.610. The van der Waals surface area contributed by atoms with Gasteiger partial charge in [0.15, 0.2) is 5.65 Å². The maximum Gasteiger partial charge on any atom is 0.309 e. The number of hydrogen-bond donors (Lipinski definition) is 0. The highest BCUT2D eigenvalue weighted by Crippen LogP contribution is 2.48. The van der Waals surface area contributed by atoms with Crippen LogP contribution in [0.4, 0.5) is 4.39 Å². The van der Waals surface area contributed by atoms with Crippen LogP contribution in [0, 0.1) is 11.7 Å². The van der Waals surface area contributed by atoms with Crippen molar-refractivity contribution in [3.8, 4) is 11.3 Å². The van der Waals surface area contributed by atoms with Gasteiger partial charge in [0.05, 0.1) is 24.8 Å². The van der Waals surface area contributed by atoms with E-state index in [1.165, 1.54) is 23.6 Å². The Morgan fingerprint density at radius 1 is 1.16 bits per heavy atom. The standard InChI is InChI=1S/C29H27FN4O3S/c1-15-18-8-10-38-26(18)7-9-33(15)28(35)24-13-25(16-3-4-16)34-27(31-24)14-23(32-34)19-6-5-17(11-22(19)30)20-12-21(20)29(36)37-2/h5-6,8,10-11,13-16,20-21H,3-4,7,9,12H2,1-2H3. The molecule has 7 rings (SSSR count). The second-order valence-electron chi connectivity index (χ2n) is 10.6. The van der Waals surface area contributed by atoms with Crippen LogP contribution in [0.2, 0.25) is 0 Å². The topological polar surface area (TPSA) is 76.8 Å². The van der Waals surface area contributed by atoms with Crippen LogP contribution >= 0.6 is 11.3 Å². The monoisotopic (exact) mass is 530 g/mol. The molecule has 3 aromatic heterocycles. The van der Waals surface area contributed by atoms with Crippen molar-refractivity contribution in [3.05, 3.63) is 75.0 Å². The zero-order chi connectivity index (χ0) is 26.1. The molecular formula is C29H27FN4O3S. The Kier molecular flexibility index (Phi) is 5.40. The first-order chi connectivity index (χ1) is 18.4. The van der Waals surface area contributed by atoms with Gasteiger partial charge in [0.25, 0.3) is 5.91 Å². The average Bonchev–Trinajstić information content (AvgIpc) is 3.83. The lowest BCUT2D eigenvalue weighted by molar-refractivity contribution is -0.142. The Balaban J connectivity index is 1.22. The Labute approximate surface area is 223 Å². The van der Waals surface area contributed by atoms with Gasteiger partial charge < -0.3 is 9.64 Å². The average molecular weight is 531 g/mol. The quantitative estimate of drug-likeness (QED) is 0.318. The summed E-state index contributed by atoms with van der Waals surface area (Å²) in [6, 6.07) is 10.8. The number of hydrogen-bond acceptors (Lipinski definition) is 6. The number of fused-ring (bicyclic) bond motifs is 2. The molecule has 3 atom stereocenters. The first-order valence-corrected chi connectivity index (χ1v) is 14.0. The van der Waals surface area contributed by atoms with E-state index in [2.05, 4.69) is 18.4 Å². The number of halogens is 1. The summed E-state index contributed by atoms with van der Waals surface area (Å²) in [5, 5.41) is 6.81. The van der Waals surface area contributed by atoms with Gasteiger partial charge in [-0.3, -0.25) is 9.59 Å². The molecule has 1 aliphatic heterocycles. The summed E-state index contributed by atoms with van der Waals surface area (Å²) in [6.45, 7) is 2.74. The molecule has 3 unspecified atom stereocenters. The van der Waals surface area contributed by atoms with Gasteiger partial charge in [0.1, 0.15) is 11.5 Å². The summed E-state index contributed by atoms with van der Waals surface area (Å²) < 4.78 is 21.9. The lowest BCUT2D eigenvalue weighted by Gasteiger charge is -2.33. The van der Waals surface area contributed by atoms with Gasteiger partial charge in [-0.1, -0.05) is 6.07 Å². The van der Waals surface area contributed by atoms with Crippen molar-refractivity contribution >= 4 is 28.9 Å². The third-order valence-electron chi connectivity index (χ3n) is 8.20. The number of benzene rings is 1. The molecule has 194 valence electrons. The summed E-state index contributed by atoms with van der Waals surface area (Å²) >= 11 is 1.75. The Bertz CT molecular complexity index is 1610. The molecule has 1 amide bonds. The second-order valence-corrected chi connectivity index (χ2v) is 11.6. The van der Waals surface area contributed by atoms with E-state index < -0.39 is 0 Å². The molecule has 7 nitrogen and oxygen atoms in total. The van der Waals surface area contributed by atoms with E-state index in [-0.39, 0.29) is 35.6 Å². The Morgan fingerprint density at radius 3 is 2.76 bits per heavy atom. The zero-order valence-electron chi connectivity index (χ0n) is 21.2. The Hall–Kier alpha value is -3.59. The van der Waals surface area contributed by atoms with Crippen molar-refractivity contribution in [1.82, 2.24) is 19.5 Å². The van der Waals surface area contributed by atoms with E-state index in [9.17, 15) is 9.59 Å². The SMILES string of the molecule is COC(=O)C1CC1c1ccc(-c2cc3nc(C(=O)N4CCc5sccc5C4C)cc(C4CC4)n3n2)c(F)c1. The lowest BCUT2D eigenvalue weighted by Crippen LogP contribution is -2.38. The molecule has 2 saturated carbocycles. The number of carbonyl (C=O) groups excluding carboxylic acids is 2. The number of esters is 1. The van der Waals surface area contributed by atoms with E-state index in [1.807, 2.05) is 17.0 Å². The molecular weight excluding hydrogens is 503 g/mol. The van der Waals surface area contributed by atoms with Gasteiger partial charge in [-0.25, -0.2) is 13.9 Å². The van der Waals surface area contributed by atoms with Crippen molar-refractivity contribution in [3.63, 3.8) is 0 Å². The first kappa shape index (κ1) is 23.5. The van der Waals surface area contributed by atoms with Crippen LogP contribution in [0.25, 0.3) is 16.9 Å². The summed E-state index contributed by atoms with van der Waals surface area (Å²) in [4.78, 5) is 33.4. The highest BCUT2D eigenvalue weighted by Gasteiger charge is 2.45. The number of thiophene rings is 1. The molecule has 0 N–H and O–H groups in total. The van der Waals surface area contributed by atoms with E-state index in [1.54, 1.807) is 28.0 Å². The smallest absolute Gasteiger partial charge is 0.309 e. The largest absolute Gasteiger partial charge is 0.469 e. The molecule has 4 aromatic rings. The Morgan fingerprint density at radius 2 is 2.00 bits per heavy atom. The van der Waals surface area contributed by atoms with Crippen LogP contribution in [0.5, 0.6) is 0 Å². The first-order valence-electron chi connectivity index (χ1n) is 13.1. The van der Waals surface area contributed by atoms with Gasteiger partial charge in [0, 0.05) is 34.7 Å². The molecule has 4 heterocycles. The van der Waals surface area contributed by atoms with Gasteiger partial charge in [-0.05, 0) is 79.3 Å². The molecule has 1 aromatic carbocycles. The molecule has 9 heteroatoms. The zero-order valence-corrected chi connectivity index (χ0v) is 22.0.